The van der Waals surface area contributed by atoms with Crippen molar-refractivity contribution >= 4 is 0 Å². The SMILES string of the molecule is CNCC1(O)CCC(N(C)Cc2cc[nH]c2)CC1. The Balaban J connectivity index is 1.82. The molecule has 0 saturated heterocycles. The third-order valence-electron chi connectivity index (χ3n) is 4.11. The highest BCUT2D eigenvalue weighted by Crippen LogP contribution is 2.30. The molecule has 1 fully saturated rings. The molecular formula is C14H25N3O. The van der Waals surface area contributed by atoms with Crippen molar-refractivity contribution in [2.24, 2.45) is 0 Å². The largest absolute Gasteiger partial charge is 0.389 e. The molecule has 1 aromatic heterocycles. The van der Waals surface area contributed by atoms with Crippen molar-refractivity contribution in [2.75, 3.05) is 20.6 Å². The third-order valence-corrected chi connectivity index (χ3v) is 4.11. The van der Waals surface area contributed by atoms with E-state index in [0.29, 0.717) is 12.6 Å². The molecule has 1 aliphatic carbocycles. The van der Waals surface area contributed by atoms with Gasteiger partial charge in [0, 0.05) is 31.5 Å². The van der Waals surface area contributed by atoms with Crippen LogP contribution in [0.4, 0.5) is 0 Å². The van der Waals surface area contributed by atoms with Gasteiger partial charge in [0.05, 0.1) is 5.60 Å². The lowest BCUT2D eigenvalue weighted by atomic mass is 9.81. The predicted molar refractivity (Wildman–Crippen MR) is 73.4 cm³/mol. The number of aromatic amines is 1. The van der Waals surface area contributed by atoms with E-state index in [9.17, 15) is 5.11 Å². The van der Waals surface area contributed by atoms with Crippen LogP contribution in [-0.2, 0) is 6.54 Å². The average Bonchev–Trinajstić information content (AvgIpc) is 2.82. The van der Waals surface area contributed by atoms with Crippen LogP contribution >= 0.6 is 0 Å². The molecule has 4 nitrogen and oxygen atoms in total. The van der Waals surface area contributed by atoms with Crippen molar-refractivity contribution in [2.45, 2.75) is 43.9 Å². The second-order valence-electron chi connectivity index (χ2n) is 5.62. The second-order valence-corrected chi connectivity index (χ2v) is 5.62. The average molecular weight is 251 g/mol. The summed E-state index contributed by atoms with van der Waals surface area (Å²) in [6.45, 7) is 1.69. The number of nitrogens with zero attached hydrogens (tertiary/aromatic N) is 1. The Hall–Kier alpha value is -0.840. The molecule has 0 radical (unpaired) electrons. The summed E-state index contributed by atoms with van der Waals surface area (Å²) in [5.41, 5.74) is 0.841. The van der Waals surface area contributed by atoms with E-state index in [1.165, 1.54) is 5.56 Å². The highest BCUT2D eigenvalue weighted by Gasteiger charge is 2.33. The summed E-state index contributed by atoms with van der Waals surface area (Å²) >= 11 is 0. The zero-order chi connectivity index (χ0) is 13.0. The first-order chi connectivity index (χ1) is 8.63. The van der Waals surface area contributed by atoms with Gasteiger partial charge in [0.25, 0.3) is 0 Å². The normalized spacial score (nSPS) is 28.8. The van der Waals surface area contributed by atoms with Crippen LogP contribution in [0, 0.1) is 0 Å². The van der Waals surface area contributed by atoms with Gasteiger partial charge in [-0.2, -0.15) is 0 Å². The fourth-order valence-corrected chi connectivity index (χ4v) is 2.96. The molecule has 1 heterocycles. The number of aromatic nitrogens is 1. The maximum atomic E-state index is 10.3. The van der Waals surface area contributed by atoms with E-state index >= 15 is 0 Å². The highest BCUT2D eigenvalue weighted by atomic mass is 16.3. The Bertz CT molecular complexity index is 342. The number of nitrogens with one attached hydrogen (secondary N) is 2. The zero-order valence-electron chi connectivity index (χ0n) is 11.4. The maximum Gasteiger partial charge on any atom is 0.0772 e. The van der Waals surface area contributed by atoms with Crippen molar-refractivity contribution in [1.82, 2.24) is 15.2 Å². The monoisotopic (exact) mass is 251 g/mol. The van der Waals surface area contributed by atoms with E-state index in [2.05, 4.69) is 34.5 Å². The minimum Gasteiger partial charge on any atom is -0.389 e. The van der Waals surface area contributed by atoms with Crippen LogP contribution in [0.1, 0.15) is 31.2 Å². The van der Waals surface area contributed by atoms with Gasteiger partial charge in [0.1, 0.15) is 0 Å². The van der Waals surface area contributed by atoms with Gasteiger partial charge >= 0.3 is 0 Å². The van der Waals surface area contributed by atoms with Gasteiger partial charge in [-0.25, -0.2) is 0 Å². The summed E-state index contributed by atoms with van der Waals surface area (Å²) in [6.07, 6.45) is 7.98. The van der Waals surface area contributed by atoms with E-state index in [1.54, 1.807) is 0 Å². The Morgan fingerprint density at radius 2 is 2.22 bits per heavy atom. The van der Waals surface area contributed by atoms with E-state index in [4.69, 9.17) is 0 Å². The molecule has 0 unspecified atom stereocenters. The maximum absolute atomic E-state index is 10.3. The Morgan fingerprint density at radius 3 is 2.78 bits per heavy atom. The topological polar surface area (TPSA) is 51.3 Å². The third kappa shape index (κ3) is 3.34. The summed E-state index contributed by atoms with van der Waals surface area (Å²) in [7, 11) is 4.09. The first-order valence-electron chi connectivity index (χ1n) is 6.82. The van der Waals surface area contributed by atoms with E-state index in [0.717, 1.165) is 32.2 Å². The second kappa shape index (κ2) is 5.87. The first kappa shape index (κ1) is 13.6. The van der Waals surface area contributed by atoms with Crippen LogP contribution in [-0.4, -0.2) is 47.3 Å². The van der Waals surface area contributed by atoms with Crippen molar-refractivity contribution in [1.29, 1.82) is 0 Å². The molecule has 0 aromatic carbocycles. The number of hydrogen-bond donors (Lipinski definition) is 3. The van der Waals surface area contributed by atoms with Gasteiger partial charge < -0.3 is 15.4 Å². The number of hydrogen-bond acceptors (Lipinski definition) is 3. The van der Waals surface area contributed by atoms with Crippen molar-refractivity contribution in [3.63, 3.8) is 0 Å². The molecule has 0 spiro atoms. The first-order valence-corrected chi connectivity index (χ1v) is 6.82. The fraction of sp³-hybridized carbons (Fsp3) is 0.714. The number of H-pyrrole nitrogens is 1. The van der Waals surface area contributed by atoms with Gasteiger partial charge in [-0.05, 0) is 51.4 Å². The molecule has 102 valence electrons. The summed E-state index contributed by atoms with van der Waals surface area (Å²) < 4.78 is 0. The number of aliphatic hydroxyl groups is 1. The van der Waals surface area contributed by atoms with Gasteiger partial charge in [-0.1, -0.05) is 0 Å². The van der Waals surface area contributed by atoms with Gasteiger partial charge in [-0.15, -0.1) is 0 Å². The van der Waals surface area contributed by atoms with Crippen molar-refractivity contribution < 1.29 is 5.11 Å². The van der Waals surface area contributed by atoms with Gasteiger partial charge in [0.2, 0.25) is 0 Å². The molecule has 0 amide bonds. The molecule has 4 heteroatoms. The fourth-order valence-electron chi connectivity index (χ4n) is 2.96. The number of rotatable bonds is 5. The van der Waals surface area contributed by atoms with E-state index < -0.39 is 5.60 Å². The molecule has 1 aromatic rings. The Labute approximate surface area is 109 Å². The molecular weight excluding hydrogens is 226 g/mol. The van der Waals surface area contributed by atoms with E-state index in [1.807, 2.05) is 13.2 Å². The summed E-state index contributed by atoms with van der Waals surface area (Å²) in [5, 5.41) is 13.4. The smallest absolute Gasteiger partial charge is 0.0772 e. The van der Waals surface area contributed by atoms with Crippen LogP contribution in [0.2, 0.25) is 0 Å². The molecule has 0 bridgehead atoms. The van der Waals surface area contributed by atoms with Crippen LogP contribution in [0.3, 0.4) is 0 Å². The zero-order valence-corrected chi connectivity index (χ0v) is 11.4. The standard InChI is InChI=1S/C14H25N3O/c1-15-11-14(18)6-3-13(4-7-14)17(2)10-12-5-8-16-9-12/h5,8-9,13,15-16,18H,3-4,6-7,10-11H2,1-2H3. The summed E-state index contributed by atoms with van der Waals surface area (Å²) in [4.78, 5) is 5.50. The molecule has 1 aliphatic rings. The molecule has 3 N–H and O–H groups in total. The lowest BCUT2D eigenvalue weighted by Crippen LogP contribution is -2.46. The Kier molecular flexibility index (Phi) is 4.43. The summed E-state index contributed by atoms with van der Waals surface area (Å²) in [6, 6.07) is 2.72. The van der Waals surface area contributed by atoms with Crippen LogP contribution in [0.25, 0.3) is 0 Å². The highest BCUT2D eigenvalue weighted by molar-refractivity contribution is 5.08. The minimum absolute atomic E-state index is 0.486. The van der Waals surface area contributed by atoms with Crippen LogP contribution in [0.5, 0.6) is 0 Å². The van der Waals surface area contributed by atoms with Crippen molar-refractivity contribution in [3.05, 3.63) is 24.0 Å². The molecule has 0 aliphatic heterocycles. The summed E-state index contributed by atoms with van der Waals surface area (Å²) in [5.74, 6) is 0. The van der Waals surface area contributed by atoms with Crippen LogP contribution in [0.15, 0.2) is 18.5 Å². The van der Waals surface area contributed by atoms with Crippen LogP contribution < -0.4 is 5.32 Å². The molecule has 1 saturated carbocycles. The molecule has 18 heavy (non-hydrogen) atoms. The lowest BCUT2D eigenvalue weighted by Gasteiger charge is -2.39. The predicted octanol–water partition coefficient (Wildman–Crippen LogP) is 1.34. The molecule has 0 atom stereocenters. The minimum atomic E-state index is -0.486. The van der Waals surface area contributed by atoms with Crippen molar-refractivity contribution in [3.8, 4) is 0 Å². The lowest BCUT2D eigenvalue weighted by molar-refractivity contribution is -0.0155. The number of likely N-dealkylation sites (N-methyl/N-ethyl adjacent to an activating group) is 1. The van der Waals surface area contributed by atoms with Gasteiger partial charge in [-0.3, -0.25) is 4.90 Å². The van der Waals surface area contributed by atoms with Gasteiger partial charge in [0.15, 0.2) is 0 Å². The van der Waals surface area contributed by atoms with E-state index in [-0.39, 0.29) is 0 Å². The quantitative estimate of drug-likeness (QED) is 0.740. The molecule has 2 rings (SSSR count). The Morgan fingerprint density at radius 1 is 1.50 bits per heavy atom.